The fraction of sp³-hybridized carbons (Fsp3) is 0.333. The molecular weight excluding hydrogens is 553 g/mol. The molecule has 0 heterocycles. The van der Waals surface area contributed by atoms with E-state index in [2.05, 4.69) is 27.9 Å². The standard InChI is InChI=1S/C21H25ClIN3O4S/c1-4-24-21(28)15(2)25(13-16-7-5-6-8-19(16)22)20(27)14-26(31(3,29)30)18-11-9-17(23)10-12-18/h5-12,15H,4,13-14H2,1-3H3,(H,24,28). The van der Waals surface area contributed by atoms with Crippen LogP contribution in [0.4, 0.5) is 5.69 Å². The zero-order chi connectivity index (χ0) is 23.2. The van der Waals surface area contributed by atoms with Crippen LogP contribution in [0, 0.1) is 3.57 Å². The third-order valence-corrected chi connectivity index (χ3v) is 6.84. The van der Waals surface area contributed by atoms with Crippen LogP contribution >= 0.6 is 34.2 Å². The Balaban J connectivity index is 2.38. The largest absolute Gasteiger partial charge is 0.355 e. The predicted octanol–water partition coefficient (Wildman–Crippen LogP) is 3.26. The van der Waals surface area contributed by atoms with Gasteiger partial charge in [-0.3, -0.25) is 13.9 Å². The van der Waals surface area contributed by atoms with Crippen molar-refractivity contribution in [1.29, 1.82) is 0 Å². The molecule has 0 saturated carbocycles. The Labute approximate surface area is 201 Å². The van der Waals surface area contributed by atoms with Crippen molar-refractivity contribution in [1.82, 2.24) is 10.2 Å². The van der Waals surface area contributed by atoms with Gasteiger partial charge in [0.25, 0.3) is 0 Å². The number of carbonyl (C=O) groups excluding carboxylic acids is 2. The van der Waals surface area contributed by atoms with E-state index in [1.807, 2.05) is 0 Å². The van der Waals surface area contributed by atoms with Crippen molar-refractivity contribution < 1.29 is 18.0 Å². The number of nitrogens with one attached hydrogen (secondary N) is 1. The van der Waals surface area contributed by atoms with Gasteiger partial charge in [0.15, 0.2) is 0 Å². The topological polar surface area (TPSA) is 86.8 Å². The van der Waals surface area contributed by atoms with E-state index in [1.165, 1.54) is 4.90 Å². The Kier molecular flexibility index (Phi) is 9.14. The lowest BCUT2D eigenvalue weighted by molar-refractivity contribution is -0.139. The van der Waals surface area contributed by atoms with Crippen molar-refractivity contribution in [2.45, 2.75) is 26.4 Å². The second-order valence-electron chi connectivity index (χ2n) is 6.93. The molecule has 0 bridgehead atoms. The maximum absolute atomic E-state index is 13.3. The number of carbonyl (C=O) groups is 2. The van der Waals surface area contributed by atoms with Crippen molar-refractivity contribution in [2.24, 2.45) is 0 Å². The molecule has 0 radical (unpaired) electrons. The number of hydrogen-bond acceptors (Lipinski definition) is 4. The summed E-state index contributed by atoms with van der Waals surface area (Å²) in [7, 11) is -3.74. The highest BCUT2D eigenvalue weighted by Gasteiger charge is 2.30. The summed E-state index contributed by atoms with van der Waals surface area (Å²) in [5, 5.41) is 3.16. The zero-order valence-electron chi connectivity index (χ0n) is 17.5. The molecule has 1 atom stereocenters. The number of hydrogen-bond donors (Lipinski definition) is 1. The molecular formula is C21H25ClIN3O4S. The summed E-state index contributed by atoms with van der Waals surface area (Å²) in [6.07, 6.45) is 1.05. The van der Waals surface area contributed by atoms with Crippen molar-refractivity contribution in [3.8, 4) is 0 Å². The fourth-order valence-corrected chi connectivity index (χ4v) is 4.34. The van der Waals surface area contributed by atoms with Gasteiger partial charge >= 0.3 is 0 Å². The van der Waals surface area contributed by atoms with Crippen LogP contribution in [0.1, 0.15) is 19.4 Å². The van der Waals surface area contributed by atoms with Crippen molar-refractivity contribution >= 4 is 61.7 Å². The van der Waals surface area contributed by atoms with Crippen LogP contribution in [0.5, 0.6) is 0 Å². The van der Waals surface area contributed by atoms with E-state index < -0.39 is 28.5 Å². The van der Waals surface area contributed by atoms with Gasteiger partial charge in [-0.15, -0.1) is 0 Å². The molecule has 1 unspecified atom stereocenters. The van der Waals surface area contributed by atoms with Gasteiger partial charge in [-0.05, 0) is 72.3 Å². The van der Waals surface area contributed by atoms with Gasteiger partial charge in [-0.1, -0.05) is 29.8 Å². The fourth-order valence-electron chi connectivity index (χ4n) is 2.94. The van der Waals surface area contributed by atoms with Crippen LogP contribution in [0.3, 0.4) is 0 Å². The normalized spacial score (nSPS) is 12.2. The van der Waals surface area contributed by atoms with Gasteiger partial charge in [-0.25, -0.2) is 8.42 Å². The molecule has 2 aromatic rings. The summed E-state index contributed by atoms with van der Waals surface area (Å²) >= 11 is 8.38. The lowest BCUT2D eigenvalue weighted by atomic mass is 10.1. The van der Waals surface area contributed by atoms with Crippen LogP contribution < -0.4 is 9.62 Å². The van der Waals surface area contributed by atoms with Gasteiger partial charge in [-0.2, -0.15) is 0 Å². The van der Waals surface area contributed by atoms with E-state index in [4.69, 9.17) is 11.6 Å². The number of halogens is 2. The highest BCUT2D eigenvalue weighted by Crippen LogP contribution is 2.22. The molecule has 2 rings (SSSR count). The minimum absolute atomic E-state index is 0.0705. The van der Waals surface area contributed by atoms with E-state index in [0.29, 0.717) is 22.8 Å². The van der Waals surface area contributed by atoms with Crippen molar-refractivity contribution in [3.63, 3.8) is 0 Å². The van der Waals surface area contributed by atoms with Crippen LogP contribution in [0.15, 0.2) is 48.5 Å². The van der Waals surface area contributed by atoms with Crippen molar-refractivity contribution in [2.75, 3.05) is 23.7 Å². The molecule has 0 aromatic heterocycles. The molecule has 0 spiro atoms. The molecule has 0 fully saturated rings. The van der Waals surface area contributed by atoms with Gasteiger partial charge in [0.05, 0.1) is 11.9 Å². The zero-order valence-corrected chi connectivity index (χ0v) is 21.2. The van der Waals surface area contributed by atoms with Crippen LogP contribution in [-0.2, 0) is 26.2 Å². The third kappa shape index (κ3) is 7.08. The monoisotopic (exact) mass is 577 g/mol. The SMILES string of the molecule is CCNC(=O)C(C)N(Cc1ccccc1Cl)C(=O)CN(c1ccc(I)cc1)S(C)(=O)=O. The molecule has 2 amide bonds. The molecule has 0 aliphatic carbocycles. The molecule has 0 saturated heterocycles. The summed E-state index contributed by atoms with van der Waals surface area (Å²) in [6, 6.07) is 13.0. The average Bonchev–Trinajstić information content (AvgIpc) is 2.71. The van der Waals surface area contributed by atoms with Crippen LogP contribution in [0.2, 0.25) is 5.02 Å². The van der Waals surface area contributed by atoms with Crippen LogP contribution in [0.25, 0.3) is 0 Å². The van der Waals surface area contributed by atoms with Crippen molar-refractivity contribution in [3.05, 3.63) is 62.7 Å². The quantitative estimate of drug-likeness (QED) is 0.464. The highest BCUT2D eigenvalue weighted by molar-refractivity contribution is 14.1. The highest BCUT2D eigenvalue weighted by atomic mass is 127. The number of likely N-dealkylation sites (N-methyl/N-ethyl adjacent to an activating group) is 1. The van der Waals surface area contributed by atoms with E-state index in [-0.39, 0.29) is 12.5 Å². The van der Waals surface area contributed by atoms with E-state index in [0.717, 1.165) is 14.1 Å². The number of benzene rings is 2. The summed E-state index contributed by atoms with van der Waals surface area (Å²) in [4.78, 5) is 27.1. The maximum atomic E-state index is 13.3. The minimum Gasteiger partial charge on any atom is -0.355 e. The van der Waals surface area contributed by atoms with Gasteiger partial charge in [0.1, 0.15) is 12.6 Å². The Morgan fingerprint density at radius 1 is 1.13 bits per heavy atom. The summed E-state index contributed by atoms with van der Waals surface area (Å²) < 4.78 is 26.9. The lowest BCUT2D eigenvalue weighted by Gasteiger charge is -2.31. The number of anilines is 1. The van der Waals surface area contributed by atoms with E-state index in [9.17, 15) is 18.0 Å². The Hall–Kier alpha value is -1.85. The smallest absolute Gasteiger partial charge is 0.244 e. The van der Waals surface area contributed by atoms with Gasteiger partial charge < -0.3 is 10.2 Å². The summed E-state index contributed by atoms with van der Waals surface area (Å²) in [5.74, 6) is -0.842. The van der Waals surface area contributed by atoms with Crippen LogP contribution in [-0.4, -0.2) is 50.5 Å². The first kappa shape index (κ1) is 25.4. The molecule has 0 aliphatic rings. The molecule has 168 valence electrons. The predicted molar refractivity (Wildman–Crippen MR) is 131 cm³/mol. The van der Waals surface area contributed by atoms with Gasteiger partial charge in [0, 0.05) is 21.7 Å². The molecule has 1 N–H and O–H groups in total. The second kappa shape index (κ2) is 11.1. The first-order valence-electron chi connectivity index (χ1n) is 9.58. The van der Waals surface area contributed by atoms with Gasteiger partial charge in [0.2, 0.25) is 21.8 Å². The summed E-state index contributed by atoms with van der Waals surface area (Å²) in [5.41, 5.74) is 1.04. The second-order valence-corrected chi connectivity index (χ2v) is 10.5. The average molecular weight is 578 g/mol. The maximum Gasteiger partial charge on any atom is 0.244 e. The molecule has 31 heavy (non-hydrogen) atoms. The molecule has 10 heteroatoms. The molecule has 0 aliphatic heterocycles. The molecule has 2 aromatic carbocycles. The lowest BCUT2D eigenvalue weighted by Crippen LogP contribution is -2.51. The first-order chi connectivity index (χ1) is 14.5. The van der Waals surface area contributed by atoms with E-state index in [1.54, 1.807) is 62.4 Å². The third-order valence-electron chi connectivity index (χ3n) is 4.61. The Bertz CT molecular complexity index is 1030. The Morgan fingerprint density at radius 3 is 2.29 bits per heavy atom. The van der Waals surface area contributed by atoms with E-state index >= 15 is 0 Å². The number of sulfonamides is 1. The number of nitrogens with zero attached hydrogens (tertiary/aromatic N) is 2. The Morgan fingerprint density at radius 2 is 1.74 bits per heavy atom. The molecule has 7 nitrogen and oxygen atoms in total. The number of amides is 2. The minimum atomic E-state index is -3.74. The summed E-state index contributed by atoms with van der Waals surface area (Å²) in [6.45, 7) is 3.44. The first-order valence-corrected chi connectivity index (χ1v) is 12.9. The number of rotatable bonds is 9.